The van der Waals surface area contributed by atoms with Gasteiger partial charge in [0.05, 0.1) is 20.3 Å². The van der Waals surface area contributed by atoms with Gasteiger partial charge in [-0.3, -0.25) is 0 Å². The number of methoxy groups -OCH3 is 1. The Kier molecular flexibility index (Phi) is 6.21. The molecule has 1 fully saturated rings. The fraction of sp³-hybridized carbons (Fsp3) is 0.240. The quantitative estimate of drug-likeness (QED) is 0.554. The van der Waals surface area contributed by atoms with Crippen molar-refractivity contribution < 1.29 is 28.8 Å². The van der Waals surface area contributed by atoms with Crippen LogP contribution in [0.15, 0.2) is 72.8 Å². The molecule has 1 N–H and O–H groups in total. The zero-order valence-corrected chi connectivity index (χ0v) is 17.2. The van der Waals surface area contributed by atoms with Gasteiger partial charge in [-0.1, -0.05) is 42.5 Å². The average molecular weight is 420 g/mol. The van der Waals surface area contributed by atoms with Crippen LogP contribution in [0.25, 0.3) is 11.1 Å². The van der Waals surface area contributed by atoms with Crippen LogP contribution in [0, 0.1) is 0 Å². The first-order valence-electron chi connectivity index (χ1n) is 9.98. The van der Waals surface area contributed by atoms with E-state index in [1.807, 2.05) is 54.6 Å². The van der Waals surface area contributed by atoms with Gasteiger partial charge in [-0.15, -0.1) is 0 Å². The van der Waals surface area contributed by atoms with Gasteiger partial charge in [0.25, 0.3) is 0 Å². The summed E-state index contributed by atoms with van der Waals surface area (Å²) in [6.45, 7) is 1.11. The smallest absolute Gasteiger partial charge is 0.331 e. The number of hydrogen-bond donors (Lipinski definition) is 1. The topological polar surface area (TPSA) is 74.2 Å². The molecule has 3 aromatic rings. The van der Waals surface area contributed by atoms with E-state index in [1.54, 1.807) is 12.1 Å². The highest BCUT2D eigenvalue weighted by Crippen LogP contribution is 2.34. The zero-order chi connectivity index (χ0) is 21.7. The predicted octanol–water partition coefficient (Wildman–Crippen LogP) is 4.05. The van der Waals surface area contributed by atoms with Crippen molar-refractivity contribution in [3.05, 3.63) is 83.9 Å². The third-order valence-corrected chi connectivity index (χ3v) is 5.28. The normalized spacial score (nSPS) is 14.5. The molecule has 6 heteroatoms. The fourth-order valence-corrected chi connectivity index (χ4v) is 3.39. The van der Waals surface area contributed by atoms with Crippen molar-refractivity contribution >= 4 is 5.97 Å². The van der Waals surface area contributed by atoms with Crippen LogP contribution in [0.5, 0.6) is 11.5 Å². The second kappa shape index (κ2) is 9.20. The van der Waals surface area contributed by atoms with Gasteiger partial charge in [0.15, 0.2) is 0 Å². The number of carbonyl (C=O) groups excluding carboxylic acids is 1. The van der Waals surface area contributed by atoms with Crippen molar-refractivity contribution in [1.29, 1.82) is 0 Å². The molecule has 1 aliphatic rings. The summed E-state index contributed by atoms with van der Waals surface area (Å²) in [7, 11) is 1.34. The van der Waals surface area contributed by atoms with Crippen molar-refractivity contribution in [3.8, 4) is 22.6 Å². The van der Waals surface area contributed by atoms with Crippen LogP contribution in [0.1, 0.15) is 11.1 Å². The zero-order valence-electron chi connectivity index (χ0n) is 17.2. The van der Waals surface area contributed by atoms with E-state index in [2.05, 4.69) is 10.8 Å². The number of ether oxygens (including phenoxy) is 4. The first kappa shape index (κ1) is 20.9. The molecule has 31 heavy (non-hydrogen) atoms. The third kappa shape index (κ3) is 4.87. The second-order valence-electron chi connectivity index (χ2n) is 7.41. The highest BCUT2D eigenvalue weighted by molar-refractivity contribution is 5.70. The second-order valence-corrected chi connectivity index (χ2v) is 7.41. The average Bonchev–Trinajstić information content (AvgIpc) is 2.78. The fourth-order valence-electron chi connectivity index (χ4n) is 3.39. The molecule has 0 saturated carbocycles. The molecule has 0 unspecified atom stereocenters. The lowest BCUT2D eigenvalue weighted by molar-refractivity contribution is -0.220. The van der Waals surface area contributed by atoms with Crippen LogP contribution < -0.4 is 4.74 Å². The van der Waals surface area contributed by atoms with Crippen molar-refractivity contribution in [2.24, 2.45) is 0 Å². The molecule has 0 atom stereocenters. The first-order chi connectivity index (χ1) is 15.1. The minimum Gasteiger partial charge on any atom is -0.508 e. The van der Waals surface area contributed by atoms with E-state index in [0.29, 0.717) is 19.8 Å². The van der Waals surface area contributed by atoms with E-state index in [-0.39, 0.29) is 12.4 Å². The molecular weight excluding hydrogens is 396 g/mol. The van der Waals surface area contributed by atoms with Crippen molar-refractivity contribution in [2.45, 2.75) is 12.2 Å². The summed E-state index contributed by atoms with van der Waals surface area (Å²) < 4.78 is 21.7. The monoisotopic (exact) mass is 420 g/mol. The number of rotatable bonds is 8. The van der Waals surface area contributed by atoms with Gasteiger partial charge in [-0.2, -0.15) is 0 Å². The Morgan fingerprint density at radius 2 is 1.74 bits per heavy atom. The Hall–Kier alpha value is -3.35. The van der Waals surface area contributed by atoms with E-state index in [0.717, 1.165) is 28.0 Å². The molecule has 4 rings (SSSR count). The van der Waals surface area contributed by atoms with E-state index in [4.69, 9.17) is 14.2 Å². The SMILES string of the molecule is COC(=O)COC1(c2ccc(OCc3cccc(-c4ccc(O)cc4)c3)cc2)COC1. The Morgan fingerprint density at radius 3 is 2.39 bits per heavy atom. The Morgan fingerprint density at radius 1 is 1.00 bits per heavy atom. The highest BCUT2D eigenvalue weighted by atomic mass is 16.6. The summed E-state index contributed by atoms with van der Waals surface area (Å²) in [6, 6.07) is 22.9. The van der Waals surface area contributed by atoms with Crippen molar-refractivity contribution in [3.63, 3.8) is 0 Å². The molecule has 1 saturated heterocycles. The lowest BCUT2D eigenvalue weighted by Gasteiger charge is -2.41. The molecule has 0 radical (unpaired) electrons. The number of benzene rings is 3. The van der Waals surface area contributed by atoms with Crippen LogP contribution in [0.2, 0.25) is 0 Å². The molecule has 6 nitrogen and oxygen atoms in total. The summed E-state index contributed by atoms with van der Waals surface area (Å²) in [5, 5.41) is 9.47. The molecule has 1 heterocycles. The van der Waals surface area contributed by atoms with E-state index < -0.39 is 11.6 Å². The van der Waals surface area contributed by atoms with Gasteiger partial charge in [-0.05, 0) is 52.6 Å². The molecule has 160 valence electrons. The standard InChI is InChI=1S/C25H24O6/c1-28-24(27)15-31-25(16-29-17-25)21-7-11-23(12-8-21)30-14-18-3-2-4-20(13-18)19-5-9-22(26)10-6-19/h2-13,26H,14-17H2,1H3. The minimum atomic E-state index is -0.620. The summed E-state index contributed by atoms with van der Waals surface area (Å²) in [6.07, 6.45) is 0. The van der Waals surface area contributed by atoms with Crippen molar-refractivity contribution in [2.75, 3.05) is 26.9 Å². The van der Waals surface area contributed by atoms with Gasteiger partial charge in [0, 0.05) is 0 Å². The minimum absolute atomic E-state index is 0.116. The van der Waals surface area contributed by atoms with Crippen LogP contribution >= 0.6 is 0 Å². The van der Waals surface area contributed by atoms with Gasteiger partial charge >= 0.3 is 5.97 Å². The number of aromatic hydroxyl groups is 1. The largest absolute Gasteiger partial charge is 0.508 e. The maximum Gasteiger partial charge on any atom is 0.331 e. The Labute approximate surface area is 181 Å². The number of hydrogen-bond acceptors (Lipinski definition) is 6. The van der Waals surface area contributed by atoms with Gasteiger partial charge in [0.2, 0.25) is 0 Å². The molecule has 1 aliphatic heterocycles. The lowest BCUT2D eigenvalue weighted by atomic mass is 9.91. The molecule has 0 spiro atoms. The highest BCUT2D eigenvalue weighted by Gasteiger charge is 2.42. The maximum atomic E-state index is 11.4. The first-order valence-corrected chi connectivity index (χ1v) is 9.98. The number of phenols is 1. The van der Waals surface area contributed by atoms with Crippen molar-refractivity contribution in [1.82, 2.24) is 0 Å². The number of phenolic OH excluding ortho intramolecular Hbond substituents is 1. The summed E-state index contributed by atoms with van der Waals surface area (Å²) in [4.78, 5) is 11.4. The van der Waals surface area contributed by atoms with Crippen LogP contribution in [-0.4, -0.2) is 38.0 Å². The van der Waals surface area contributed by atoms with Gasteiger partial charge in [-0.25, -0.2) is 4.79 Å². The maximum absolute atomic E-state index is 11.4. The Balaban J connectivity index is 1.39. The van der Waals surface area contributed by atoms with E-state index in [1.165, 1.54) is 7.11 Å². The summed E-state index contributed by atoms with van der Waals surface area (Å²) in [5.74, 6) is 0.570. The molecule has 0 aliphatic carbocycles. The summed E-state index contributed by atoms with van der Waals surface area (Å²) in [5.41, 5.74) is 3.45. The molecule has 0 bridgehead atoms. The van der Waals surface area contributed by atoms with Crippen LogP contribution in [0.3, 0.4) is 0 Å². The molecular formula is C25H24O6. The van der Waals surface area contributed by atoms with Crippen LogP contribution in [0.4, 0.5) is 0 Å². The molecule has 0 amide bonds. The summed E-state index contributed by atoms with van der Waals surface area (Å²) >= 11 is 0. The lowest BCUT2D eigenvalue weighted by Crippen LogP contribution is -2.49. The van der Waals surface area contributed by atoms with Crippen LogP contribution in [-0.2, 0) is 31.2 Å². The van der Waals surface area contributed by atoms with E-state index >= 15 is 0 Å². The third-order valence-electron chi connectivity index (χ3n) is 5.28. The van der Waals surface area contributed by atoms with E-state index in [9.17, 15) is 9.90 Å². The van der Waals surface area contributed by atoms with Gasteiger partial charge in [0.1, 0.15) is 30.3 Å². The number of esters is 1. The predicted molar refractivity (Wildman–Crippen MR) is 115 cm³/mol. The molecule has 0 aromatic heterocycles. The number of carbonyl (C=O) groups is 1. The Bertz CT molecular complexity index is 1020. The molecule has 3 aromatic carbocycles. The van der Waals surface area contributed by atoms with Gasteiger partial charge < -0.3 is 24.1 Å².